The first kappa shape index (κ1) is 18.3. The van der Waals surface area contributed by atoms with Crippen molar-refractivity contribution >= 4 is 50.5 Å². The second-order valence-electron chi connectivity index (χ2n) is 7.23. The van der Waals surface area contributed by atoms with E-state index >= 15 is 0 Å². The van der Waals surface area contributed by atoms with Crippen molar-refractivity contribution in [1.82, 2.24) is 10.2 Å². The van der Waals surface area contributed by atoms with Gasteiger partial charge in [-0.25, -0.2) is 0 Å². The molecule has 1 atom stereocenters. The number of carbonyl (C=O) groups is 2. The minimum absolute atomic E-state index is 0.123. The molecule has 2 heterocycles. The van der Waals surface area contributed by atoms with Gasteiger partial charge in [0.15, 0.2) is 5.76 Å². The molecule has 134 valence electrons. The number of furan rings is 1. The quantitative estimate of drug-likeness (QED) is 0.792. The van der Waals surface area contributed by atoms with Crippen molar-refractivity contribution in [3.63, 3.8) is 0 Å². The first-order valence-corrected chi connectivity index (χ1v) is 10.0. The Kier molecular flexibility index (Phi) is 4.90. The van der Waals surface area contributed by atoms with E-state index in [1.807, 2.05) is 45.9 Å². The standard InChI is InChI=1S/C18H21BrN2O3S/c1-10-12-7-11(19)5-6-14(12)24-15(10)17(23)21-9-25-8-13(21)16(22)20-18(2,3)4/h5-7,13H,8-9H2,1-4H3,(H,20,22). The van der Waals surface area contributed by atoms with Crippen LogP contribution in [0.25, 0.3) is 11.0 Å². The van der Waals surface area contributed by atoms with E-state index in [2.05, 4.69) is 21.2 Å². The fourth-order valence-corrected chi connectivity index (χ4v) is 4.36. The van der Waals surface area contributed by atoms with Gasteiger partial charge in [0.2, 0.25) is 5.91 Å². The zero-order valence-electron chi connectivity index (χ0n) is 14.7. The number of nitrogens with one attached hydrogen (secondary N) is 1. The summed E-state index contributed by atoms with van der Waals surface area (Å²) in [6.45, 7) is 7.67. The van der Waals surface area contributed by atoms with E-state index in [4.69, 9.17) is 4.42 Å². The summed E-state index contributed by atoms with van der Waals surface area (Å²) < 4.78 is 6.74. The van der Waals surface area contributed by atoms with Crippen molar-refractivity contribution in [3.8, 4) is 0 Å². The lowest BCUT2D eigenvalue weighted by molar-refractivity contribution is -0.125. The van der Waals surface area contributed by atoms with E-state index in [9.17, 15) is 9.59 Å². The average Bonchev–Trinajstić information content (AvgIpc) is 3.11. The number of fused-ring (bicyclic) bond motifs is 1. The molecule has 0 spiro atoms. The van der Waals surface area contributed by atoms with Gasteiger partial charge in [-0.15, -0.1) is 11.8 Å². The number of thioether (sulfide) groups is 1. The minimum atomic E-state index is -0.476. The van der Waals surface area contributed by atoms with Gasteiger partial charge in [0, 0.05) is 26.7 Å². The molecule has 2 aromatic rings. The van der Waals surface area contributed by atoms with Gasteiger partial charge in [0.25, 0.3) is 5.91 Å². The van der Waals surface area contributed by atoms with Crippen molar-refractivity contribution < 1.29 is 14.0 Å². The molecule has 0 aliphatic carbocycles. The third-order valence-corrected chi connectivity index (χ3v) is 5.54. The molecule has 1 aromatic carbocycles. The number of nitrogens with zero attached hydrogens (tertiary/aromatic N) is 1. The maximum absolute atomic E-state index is 13.0. The predicted molar refractivity (Wildman–Crippen MR) is 104 cm³/mol. The normalized spacial score (nSPS) is 18.0. The number of hydrogen-bond acceptors (Lipinski definition) is 4. The number of amides is 2. The molecule has 0 bridgehead atoms. The monoisotopic (exact) mass is 424 g/mol. The molecule has 1 saturated heterocycles. The molecule has 0 saturated carbocycles. The van der Waals surface area contributed by atoms with Crippen LogP contribution in [0, 0.1) is 6.92 Å². The molecular formula is C18H21BrN2O3S. The lowest BCUT2D eigenvalue weighted by atomic mass is 10.1. The number of aryl methyl sites for hydroxylation is 1. The lowest BCUT2D eigenvalue weighted by Gasteiger charge is -2.27. The van der Waals surface area contributed by atoms with Gasteiger partial charge in [-0.05, 0) is 45.9 Å². The molecule has 1 fully saturated rings. The van der Waals surface area contributed by atoms with Crippen LogP contribution in [0.4, 0.5) is 0 Å². The summed E-state index contributed by atoms with van der Waals surface area (Å²) in [6.07, 6.45) is 0. The van der Waals surface area contributed by atoms with Crippen molar-refractivity contribution in [2.24, 2.45) is 0 Å². The summed E-state index contributed by atoms with van der Waals surface area (Å²) >= 11 is 5.02. The number of hydrogen-bond donors (Lipinski definition) is 1. The largest absolute Gasteiger partial charge is 0.451 e. The zero-order valence-corrected chi connectivity index (χ0v) is 17.1. The Morgan fingerprint density at radius 2 is 2.08 bits per heavy atom. The Bertz CT molecular complexity index is 841. The third kappa shape index (κ3) is 3.72. The summed E-state index contributed by atoms with van der Waals surface area (Å²) in [4.78, 5) is 27.2. The molecule has 1 N–H and O–H groups in total. The molecule has 3 rings (SSSR count). The maximum Gasteiger partial charge on any atom is 0.291 e. The molecule has 0 radical (unpaired) electrons. The summed E-state index contributed by atoms with van der Waals surface area (Å²) in [5.41, 5.74) is 1.14. The van der Waals surface area contributed by atoms with E-state index in [1.54, 1.807) is 16.7 Å². The lowest BCUT2D eigenvalue weighted by Crippen LogP contribution is -2.52. The highest BCUT2D eigenvalue weighted by Crippen LogP contribution is 2.31. The number of benzene rings is 1. The Labute approximate surface area is 159 Å². The number of carbonyl (C=O) groups excluding carboxylic acids is 2. The van der Waals surface area contributed by atoms with E-state index in [1.165, 1.54) is 0 Å². The topological polar surface area (TPSA) is 62.6 Å². The molecule has 1 aliphatic rings. The van der Waals surface area contributed by atoms with Gasteiger partial charge < -0.3 is 14.6 Å². The minimum Gasteiger partial charge on any atom is -0.451 e. The van der Waals surface area contributed by atoms with Crippen LogP contribution in [0.15, 0.2) is 27.1 Å². The second-order valence-corrected chi connectivity index (χ2v) is 9.14. The van der Waals surface area contributed by atoms with Crippen LogP contribution in [-0.4, -0.2) is 39.9 Å². The van der Waals surface area contributed by atoms with Crippen molar-refractivity contribution in [1.29, 1.82) is 0 Å². The number of rotatable bonds is 2. The second kappa shape index (κ2) is 6.68. The maximum atomic E-state index is 13.0. The predicted octanol–water partition coefficient (Wildman–Crippen LogP) is 3.93. The van der Waals surface area contributed by atoms with Crippen LogP contribution in [0.2, 0.25) is 0 Å². The van der Waals surface area contributed by atoms with Gasteiger partial charge in [0.05, 0.1) is 5.88 Å². The zero-order chi connectivity index (χ0) is 18.4. The third-order valence-electron chi connectivity index (χ3n) is 4.04. The van der Waals surface area contributed by atoms with E-state index in [0.717, 1.165) is 15.4 Å². The molecule has 5 nitrogen and oxygen atoms in total. The Morgan fingerprint density at radius 3 is 2.76 bits per heavy atom. The summed E-state index contributed by atoms with van der Waals surface area (Å²) in [7, 11) is 0. The molecule has 1 aliphatic heterocycles. The molecule has 7 heteroatoms. The van der Waals surface area contributed by atoms with Crippen LogP contribution in [0.1, 0.15) is 36.9 Å². The highest BCUT2D eigenvalue weighted by molar-refractivity contribution is 9.10. The summed E-state index contributed by atoms with van der Waals surface area (Å²) in [5, 5.41) is 3.87. The Morgan fingerprint density at radius 1 is 1.36 bits per heavy atom. The number of halogens is 1. The van der Waals surface area contributed by atoms with E-state index < -0.39 is 6.04 Å². The Balaban J connectivity index is 1.89. The first-order chi connectivity index (χ1) is 11.7. The van der Waals surface area contributed by atoms with Gasteiger partial charge in [-0.3, -0.25) is 9.59 Å². The van der Waals surface area contributed by atoms with Crippen LogP contribution in [0.3, 0.4) is 0 Å². The summed E-state index contributed by atoms with van der Waals surface area (Å²) in [6, 6.07) is 5.18. The molecule has 25 heavy (non-hydrogen) atoms. The van der Waals surface area contributed by atoms with Crippen molar-refractivity contribution in [3.05, 3.63) is 34.0 Å². The fourth-order valence-electron chi connectivity index (χ4n) is 2.84. The van der Waals surface area contributed by atoms with Crippen LogP contribution in [-0.2, 0) is 4.79 Å². The SMILES string of the molecule is Cc1c(C(=O)N2CSCC2C(=O)NC(C)(C)C)oc2ccc(Br)cc12. The fraction of sp³-hybridized carbons (Fsp3) is 0.444. The van der Waals surface area contributed by atoms with Crippen LogP contribution >= 0.6 is 27.7 Å². The van der Waals surface area contributed by atoms with E-state index in [0.29, 0.717) is 23.0 Å². The molecule has 1 aromatic heterocycles. The van der Waals surface area contributed by atoms with E-state index in [-0.39, 0.29) is 17.4 Å². The van der Waals surface area contributed by atoms with Crippen LogP contribution < -0.4 is 5.32 Å². The van der Waals surface area contributed by atoms with Crippen LogP contribution in [0.5, 0.6) is 0 Å². The molecule has 1 unspecified atom stereocenters. The van der Waals surface area contributed by atoms with Gasteiger partial charge in [-0.2, -0.15) is 0 Å². The van der Waals surface area contributed by atoms with Crippen molar-refractivity contribution in [2.45, 2.75) is 39.3 Å². The average molecular weight is 425 g/mol. The van der Waals surface area contributed by atoms with Gasteiger partial charge in [-0.1, -0.05) is 15.9 Å². The smallest absolute Gasteiger partial charge is 0.291 e. The highest BCUT2D eigenvalue weighted by Gasteiger charge is 2.38. The molecule has 2 amide bonds. The van der Waals surface area contributed by atoms with Gasteiger partial charge in [0.1, 0.15) is 11.6 Å². The highest BCUT2D eigenvalue weighted by atomic mass is 79.9. The van der Waals surface area contributed by atoms with Crippen molar-refractivity contribution in [2.75, 3.05) is 11.6 Å². The van der Waals surface area contributed by atoms with Gasteiger partial charge >= 0.3 is 0 Å². The molecular weight excluding hydrogens is 404 g/mol. The summed E-state index contributed by atoms with van der Waals surface area (Å²) in [5.74, 6) is 1.04. The first-order valence-electron chi connectivity index (χ1n) is 8.07. The Hall–Kier alpha value is -1.47.